The first-order valence-electron chi connectivity index (χ1n) is 3.10. The van der Waals surface area contributed by atoms with Crippen LogP contribution >= 0.6 is 0 Å². The summed E-state index contributed by atoms with van der Waals surface area (Å²) < 4.78 is 4.91. The van der Waals surface area contributed by atoms with E-state index >= 15 is 0 Å². The lowest BCUT2D eigenvalue weighted by atomic mass is 10.3. The van der Waals surface area contributed by atoms with Crippen molar-refractivity contribution in [2.75, 3.05) is 7.11 Å². The molecule has 1 aromatic heterocycles. The highest BCUT2D eigenvalue weighted by Crippen LogP contribution is 1.99. The molecule has 0 amide bonds. The van der Waals surface area contributed by atoms with Gasteiger partial charge in [0.25, 0.3) is 0 Å². The fraction of sp³-hybridized carbons (Fsp3) is 0.429. The highest BCUT2D eigenvalue weighted by molar-refractivity contribution is 5.06. The van der Waals surface area contributed by atoms with Crippen LogP contribution in [0.1, 0.15) is 11.4 Å². The topological polar surface area (TPSA) is 35.0 Å². The fourth-order valence-corrected chi connectivity index (χ4v) is 0.715. The van der Waals surface area contributed by atoms with Crippen molar-refractivity contribution in [2.24, 2.45) is 0 Å². The molecule has 1 heterocycles. The Kier molecular flexibility index (Phi) is 2.34. The van der Waals surface area contributed by atoms with Gasteiger partial charge in [-0.25, -0.2) is 0 Å². The number of nitrogens with zero attached hydrogens (tertiary/aromatic N) is 2. The van der Waals surface area contributed by atoms with E-state index in [-0.39, 0.29) is 0 Å². The Morgan fingerprint density at radius 3 is 2.70 bits per heavy atom. The normalized spacial score (nSPS) is 9.80. The van der Waals surface area contributed by atoms with Gasteiger partial charge in [-0.2, -0.15) is 0 Å². The number of rotatable bonds is 2. The molecule has 0 aliphatic carbocycles. The van der Waals surface area contributed by atoms with E-state index in [0.29, 0.717) is 6.61 Å². The number of hydrogen-bond donors (Lipinski definition) is 0. The van der Waals surface area contributed by atoms with E-state index in [1.54, 1.807) is 19.5 Å². The van der Waals surface area contributed by atoms with Crippen LogP contribution in [0.5, 0.6) is 0 Å². The average molecular weight is 138 g/mol. The van der Waals surface area contributed by atoms with E-state index < -0.39 is 0 Å². The van der Waals surface area contributed by atoms with Crippen LogP contribution in [0.15, 0.2) is 12.4 Å². The Hall–Kier alpha value is -0.960. The van der Waals surface area contributed by atoms with Gasteiger partial charge in [-0.05, 0) is 6.92 Å². The fourth-order valence-electron chi connectivity index (χ4n) is 0.715. The summed E-state index contributed by atoms with van der Waals surface area (Å²) in [5.41, 5.74) is 1.84. The zero-order chi connectivity index (χ0) is 7.40. The van der Waals surface area contributed by atoms with Crippen LogP contribution in [0.2, 0.25) is 0 Å². The summed E-state index contributed by atoms with van der Waals surface area (Å²) in [6, 6.07) is 0. The van der Waals surface area contributed by atoms with Crippen LogP contribution in [-0.4, -0.2) is 17.1 Å². The lowest BCUT2D eigenvalue weighted by molar-refractivity contribution is 0.180. The third-order valence-electron chi connectivity index (χ3n) is 1.26. The van der Waals surface area contributed by atoms with Crippen molar-refractivity contribution in [3.8, 4) is 0 Å². The summed E-state index contributed by atoms with van der Waals surface area (Å²) in [5.74, 6) is 0. The molecule has 0 atom stereocenters. The summed E-state index contributed by atoms with van der Waals surface area (Å²) in [7, 11) is 1.65. The number of methoxy groups -OCH3 is 1. The summed E-state index contributed by atoms with van der Waals surface area (Å²) in [5, 5.41) is 0. The molecule has 0 bridgehead atoms. The van der Waals surface area contributed by atoms with E-state index in [1.165, 1.54) is 0 Å². The second-order valence-corrected chi connectivity index (χ2v) is 2.02. The minimum absolute atomic E-state index is 0.541. The molecule has 0 saturated heterocycles. The molecule has 0 saturated carbocycles. The minimum Gasteiger partial charge on any atom is -0.378 e. The van der Waals surface area contributed by atoms with Crippen molar-refractivity contribution in [1.29, 1.82) is 0 Å². The zero-order valence-corrected chi connectivity index (χ0v) is 6.16. The maximum absolute atomic E-state index is 4.91. The molecule has 0 radical (unpaired) electrons. The van der Waals surface area contributed by atoms with E-state index in [0.717, 1.165) is 11.4 Å². The molecule has 0 fully saturated rings. The first kappa shape index (κ1) is 7.15. The molecule has 54 valence electrons. The van der Waals surface area contributed by atoms with Gasteiger partial charge in [0.2, 0.25) is 0 Å². The van der Waals surface area contributed by atoms with Gasteiger partial charge in [-0.1, -0.05) is 0 Å². The van der Waals surface area contributed by atoms with Gasteiger partial charge >= 0.3 is 0 Å². The molecular formula is C7H10N2O. The Bertz CT molecular complexity index is 213. The molecule has 1 aromatic rings. The number of aryl methyl sites for hydroxylation is 1. The van der Waals surface area contributed by atoms with Gasteiger partial charge in [0, 0.05) is 19.5 Å². The predicted molar refractivity (Wildman–Crippen MR) is 37.5 cm³/mol. The number of ether oxygens (including phenoxy) is 1. The van der Waals surface area contributed by atoms with E-state index in [9.17, 15) is 0 Å². The number of aromatic nitrogens is 2. The van der Waals surface area contributed by atoms with E-state index in [2.05, 4.69) is 9.97 Å². The number of hydrogen-bond acceptors (Lipinski definition) is 3. The van der Waals surface area contributed by atoms with Crippen molar-refractivity contribution in [3.05, 3.63) is 23.8 Å². The van der Waals surface area contributed by atoms with Crippen LogP contribution in [0.3, 0.4) is 0 Å². The Morgan fingerprint density at radius 1 is 1.40 bits per heavy atom. The molecular weight excluding hydrogens is 128 g/mol. The predicted octanol–water partition coefficient (Wildman–Crippen LogP) is 0.931. The first-order chi connectivity index (χ1) is 4.84. The lowest BCUT2D eigenvalue weighted by Gasteiger charge is -1.99. The maximum atomic E-state index is 4.91. The van der Waals surface area contributed by atoms with Crippen molar-refractivity contribution in [3.63, 3.8) is 0 Å². The third kappa shape index (κ3) is 1.51. The molecule has 0 aromatic carbocycles. The molecule has 0 aliphatic rings. The molecule has 0 unspecified atom stereocenters. The molecule has 3 nitrogen and oxygen atoms in total. The quantitative estimate of drug-likeness (QED) is 0.609. The van der Waals surface area contributed by atoms with Crippen LogP contribution in [-0.2, 0) is 11.3 Å². The highest BCUT2D eigenvalue weighted by Gasteiger charge is 1.96. The largest absolute Gasteiger partial charge is 0.378 e. The van der Waals surface area contributed by atoms with Crippen molar-refractivity contribution in [1.82, 2.24) is 9.97 Å². The molecule has 0 N–H and O–H groups in total. The van der Waals surface area contributed by atoms with Gasteiger partial charge < -0.3 is 4.74 Å². The zero-order valence-electron chi connectivity index (χ0n) is 6.16. The maximum Gasteiger partial charge on any atom is 0.0902 e. The standard InChI is InChI=1S/C7H10N2O/c1-6-7(5-10-2)9-4-3-8-6/h3-4H,5H2,1-2H3. The van der Waals surface area contributed by atoms with Gasteiger partial charge in [-0.15, -0.1) is 0 Å². The summed E-state index contributed by atoms with van der Waals surface area (Å²) >= 11 is 0. The summed E-state index contributed by atoms with van der Waals surface area (Å²) in [4.78, 5) is 8.14. The van der Waals surface area contributed by atoms with Crippen LogP contribution in [0.25, 0.3) is 0 Å². The summed E-state index contributed by atoms with van der Waals surface area (Å²) in [6.07, 6.45) is 3.34. The molecule has 10 heavy (non-hydrogen) atoms. The lowest BCUT2D eigenvalue weighted by Crippen LogP contribution is -1.96. The van der Waals surface area contributed by atoms with Gasteiger partial charge in [0.15, 0.2) is 0 Å². The van der Waals surface area contributed by atoms with Crippen molar-refractivity contribution in [2.45, 2.75) is 13.5 Å². The van der Waals surface area contributed by atoms with Crippen LogP contribution in [0.4, 0.5) is 0 Å². The van der Waals surface area contributed by atoms with Crippen molar-refractivity contribution >= 4 is 0 Å². The molecule has 3 heteroatoms. The van der Waals surface area contributed by atoms with Crippen LogP contribution in [0, 0.1) is 6.92 Å². The Labute approximate surface area is 60.1 Å². The minimum atomic E-state index is 0.541. The molecule has 0 spiro atoms. The van der Waals surface area contributed by atoms with Gasteiger partial charge in [-0.3, -0.25) is 9.97 Å². The SMILES string of the molecule is COCc1nccnc1C. The van der Waals surface area contributed by atoms with Crippen LogP contribution < -0.4 is 0 Å². The van der Waals surface area contributed by atoms with E-state index in [4.69, 9.17) is 4.74 Å². The van der Waals surface area contributed by atoms with Gasteiger partial charge in [0.1, 0.15) is 0 Å². The Morgan fingerprint density at radius 2 is 2.10 bits per heavy atom. The monoisotopic (exact) mass is 138 g/mol. The van der Waals surface area contributed by atoms with Crippen molar-refractivity contribution < 1.29 is 4.74 Å². The third-order valence-corrected chi connectivity index (χ3v) is 1.26. The van der Waals surface area contributed by atoms with E-state index in [1.807, 2.05) is 6.92 Å². The average Bonchev–Trinajstić information content (AvgIpc) is 1.94. The Balaban J connectivity index is 2.81. The summed E-state index contributed by atoms with van der Waals surface area (Å²) in [6.45, 7) is 2.46. The second kappa shape index (κ2) is 3.27. The highest BCUT2D eigenvalue weighted by atomic mass is 16.5. The molecule has 0 aliphatic heterocycles. The second-order valence-electron chi connectivity index (χ2n) is 2.02. The first-order valence-corrected chi connectivity index (χ1v) is 3.10. The smallest absolute Gasteiger partial charge is 0.0902 e. The molecule has 1 rings (SSSR count). The van der Waals surface area contributed by atoms with Gasteiger partial charge in [0.05, 0.1) is 18.0 Å².